The first kappa shape index (κ1) is 20.3. The number of carbonyl (C=O) groups excluding carboxylic acids is 1. The normalized spacial score (nSPS) is 10.5. The summed E-state index contributed by atoms with van der Waals surface area (Å²) in [5.74, 6) is 0.148. The SMILES string of the molecule is N#Cc1ccc(NC(=O)CSc2nnc(-c3ccccc3)n2-c2ccc(F)cc2)cc1. The molecule has 0 radical (unpaired) electrons. The topological polar surface area (TPSA) is 83.6 Å². The van der Waals surface area contributed by atoms with Gasteiger partial charge < -0.3 is 5.32 Å². The summed E-state index contributed by atoms with van der Waals surface area (Å²) in [7, 11) is 0. The molecule has 1 aromatic heterocycles. The number of halogens is 1. The van der Waals surface area contributed by atoms with Gasteiger partial charge in [-0.25, -0.2) is 4.39 Å². The fourth-order valence-electron chi connectivity index (χ4n) is 2.92. The van der Waals surface area contributed by atoms with Crippen LogP contribution < -0.4 is 5.32 Å². The van der Waals surface area contributed by atoms with Crippen LogP contribution >= 0.6 is 11.8 Å². The molecule has 4 aromatic rings. The molecule has 0 atom stereocenters. The molecule has 1 N–H and O–H groups in total. The van der Waals surface area contributed by atoms with Crippen LogP contribution in [-0.2, 0) is 4.79 Å². The van der Waals surface area contributed by atoms with Crippen molar-refractivity contribution >= 4 is 23.4 Å². The van der Waals surface area contributed by atoms with Gasteiger partial charge in [0.05, 0.1) is 17.4 Å². The Morgan fingerprint density at radius 1 is 1.00 bits per heavy atom. The minimum atomic E-state index is -0.339. The molecule has 0 unspecified atom stereocenters. The van der Waals surface area contributed by atoms with Gasteiger partial charge in [-0.15, -0.1) is 10.2 Å². The van der Waals surface area contributed by atoms with Gasteiger partial charge in [0.2, 0.25) is 5.91 Å². The van der Waals surface area contributed by atoms with Crippen molar-refractivity contribution in [1.82, 2.24) is 14.8 Å². The number of nitrogens with zero attached hydrogens (tertiary/aromatic N) is 4. The molecule has 1 amide bonds. The Hall–Kier alpha value is -3.96. The zero-order valence-corrected chi connectivity index (χ0v) is 17.0. The summed E-state index contributed by atoms with van der Waals surface area (Å²) in [5.41, 5.74) is 2.68. The van der Waals surface area contributed by atoms with Crippen LogP contribution in [0.5, 0.6) is 0 Å². The summed E-state index contributed by atoms with van der Waals surface area (Å²) in [6.45, 7) is 0. The Balaban J connectivity index is 1.56. The highest BCUT2D eigenvalue weighted by molar-refractivity contribution is 7.99. The summed E-state index contributed by atoms with van der Waals surface area (Å²) in [6.07, 6.45) is 0. The first-order chi connectivity index (χ1) is 15.1. The van der Waals surface area contributed by atoms with Gasteiger partial charge in [-0.3, -0.25) is 9.36 Å². The van der Waals surface area contributed by atoms with Gasteiger partial charge in [-0.05, 0) is 48.5 Å². The molecule has 0 saturated heterocycles. The maximum absolute atomic E-state index is 13.4. The number of amides is 1. The number of carbonyl (C=O) groups is 1. The van der Waals surface area contributed by atoms with Crippen LogP contribution in [0.2, 0.25) is 0 Å². The summed E-state index contributed by atoms with van der Waals surface area (Å²) in [4.78, 5) is 12.4. The van der Waals surface area contributed by atoms with Crippen molar-refractivity contribution in [3.63, 3.8) is 0 Å². The van der Waals surface area contributed by atoms with Crippen molar-refractivity contribution in [2.45, 2.75) is 5.16 Å². The molecule has 3 aromatic carbocycles. The van der Waals surface area contributed by atoms with Gasteiger partial charge >= 0.3 is 0 Å². The van der Waals surface area contributed by atoms with Gasteiger partial charge in [0, 0.05) is 16.9 Å². The van der Waals surface area contributed by atoms with Crippen LogP contribution in [0.25, 0.3) is 17.1 Å². The molecule has 1 heterocycles. The minimum absolute atomic E-state index is 0.105. The van der Waals surface area contributed by atoms with Crippen molar-refractivity contribution < 1.29 is 9.18 Å². The second kappa shape index (κ2) is 9.24. The van der Waals surface area contributed by atoms with Crippen molar-refractivity contribution in [3.8, 4) is 23.1 Å². The quantitative estimate of drug-likeness (QED) is 0.450. The number of hydrogen-bond donors (Lipinski definition) is 1. The molecule has 0 aliphatic carbocycles. The number of thioether (sulfide) groups is 1. The number of anilines is 1. The lowest BCUT2D eigenvalue weighted by Gasteiger charge is -2.10. The van der Waals surface area contributed by atoms with Gasteiger partial charge in [0.1, 0.15) is 5.82 Å². The highest BCUT2D eigenvalue weighted by Gasteiger charge is 2.17. The molecule has 4 rings (SSSR count). The average molecular weight is 429 g/mol. The average Bonchev–Trinajstić information content (AvgIpc) is 3.23. The summed E-state index contributed by atoms with van der Waals surface area (Å²) < 4.78 is 15.2. The smallest absolute Gasteiger partial charge is 0.234 e. The fourth-order valence-corrected chi connectivity index (χ4v) is 3.67. The van der Waals surface area contributed by atoms with E-state index in [1.807, 2.05) is 36.4 Å². The Labute approximate surface area is 182 Å². The minimum Gasteiger partial charge on any atom is -0.325 e. The van der Waals surface area contributed by atoms with Crippen LogP contribution in [-0.4, -0.2) is 26.4 Å². The summed E-state index contributed by atoms with van der Waals surface area (Å²) in [5, 5.41) is 20.7. The van der Waals surface area contributed by atoms with E-state index in [-0.39, 0.29) is 17.5 Å². The third kappa shape index (κ3) is 4.79. The lowest BCUT2D eigenvalue weighted by molar-refractivity contribution is -0.113. The van der Waals surface area contributed by atoms with Crippen molar-refractivity contribution in [2.24, 2.45) is 0 Å². The van der Waals surface area contributed by atoms with Crippen molar-refractivity contribution in [1.29, 1.82) is 5.26 Å². The third-order valence-corrected chi connectivity index (χ3v) is 5.31. The van der Waals surface area contributed by atoms with E-state index in [4.69, 9.17) is 5.26 Å². The van der Waals surface area contributed by atoms with Crippen molar-refractivity contribution in [3.05, 3.63) is 90.2 Å². The van der Waals surface area contributed by atoms with Crippen LogP contribution in [0.4, 0.5) is 10.1 Å². The molecule has 0 aliphatic rings. The predicted octanol–water partition coefficient (Wildman–Crippen LogP) is 4.68. The Morgan fingerprint density at radius 3 is 2.39 bits per heavy atom. The van der Waals surface area contributed by atoms with E-state index >= 15 is 0 Å². The van der Waals surface area contributed by atoms with Crippen LogP contribution in [0.3, 0.4) is 0 Å². The van der Waals surface area contributed by atoms with Crippen molar-refractivity contribution in [2.75, 3.05) is 11.1 Å². The number of nitriles is 1. The van der Waals surface area contributed by atoms with Crippen LogP contribution in [0.15, 0.2) is 84.0 Å². The fraction of sp³-hybridized carbons (Fsp3) is 0.0435. The van der Waals surface area contributed by atoms with Gasteiger partial charge in [-0.1, -0.05) is 42.1 Å². The Morgan fingerprint density at radius 2 is 1.71 bits per heavy atom. The molecule has 152 valence electrons. The van der Waals surface area contributed by atoms with E-state index in [2.05, 4.69) is 15.5 Å². The molecule has 0 saturated carbocycles. The number of hydrogen-bond acceptors (Lipinski definition) is 5. The van der Waals surface area contributed by atoms with Gasteiger partial charge in [0.15, 0.2) is 11.0 Å². The van der Waals surface area contributed by atoms with Crippen LogP contribution in [0, 0.1) is 17.1 Å². The zero-order valence-electron chi connectivity index (χ0n) is 16.2. The van der Waals surface area contributed by atoms with Gasteiger partial charge in [0.25, 0.3) is 0 Å². The second-order valence-electron chi connectivity index (χ2n) is 6.51. The standard InChI is InChI=1S/C23H16FN5OS/c24-18-8-12-20(13-9-18)29-22(17-4-2-1-3-5-17)27-28-23(29)31-15-21(30)26-19-10-6-16(14-25)7-11-19/h1-13H,15H2,(H,26,30). The molecule has 8 heteroatoms. The molecular weight excluding hydrogens is 413 g/mol. The maximum Gasteiger partial charge on any atom is 0.234 e. The predicted molar refractivity (Wildman–Crippen MR) is 117 cm³/mol. The largest absolute Gasteiger partial charge is 0.325 e. The zero-order chi connectivity index (χ0) is 21.6. The highest BCUT2D eigenvalue weighted by atomic mass is 32.2. The Bertz CT molecular complexity index is 1230. The molecule has 0 bridgehead atoms. The Kier molecular flexibility index (Phi) is 6.05. The number of aromatic nitrogens is 3. The number of rotatable bonds is 6. The number of benzene rings is 3. The highest BCUT2D eigenvalue weighted by Crippen LogP contribution is 2.28. The monoisotopic (exact) mass is 429 g/mol. The van der Waals surface area contributed by atoms with E-state index in [0.29, 0.717) is 27.9 Å². The molecule has 6 nitrogen and oxygen atoms in total. The summed E-state index contributed by atoms with van der Waals surface area (Å²) >= 11 is 1.23. The van der Waals surface area contributed by atoms with E-state index in [9.17, 15) is 9.18 Å². The van der Waals surface area contributed by atoms with E-state index in [0.717, 1.165) is 5.56 Å². The van der Waals surface area contributed by atoms with E-state index < -0.39 is 0 Å². The molecule has 31 heavy (non-hydrogen) atoms. The first-order valence-electron chi connectivity index (χ1n) is 9.33. The molecular formula is C23H16FN5OS. The molecule has 0 aliphatic heterocycles. The van der Waals surface area contributed by atoms with Gasteiger partial charge in [-0.2, -0.15) is 5.26 Å². The van der Waals surface area contributed by atoms with E-state index in [1.54, 1.807) is 41.0 Å². The number of nitrogens with one attached hydrogen (secondary N) is 1. The lowest BCUT2D eigenvalue weighted by atomic mass is 10.2. The second-order valence-corrected chi connectivity index (χ2v) is 7.45. The third-order valence-electron chi connectivity index (χ3n) is 4.38. The maximum atomic E-state index is 13.4. The lowest BCUT2D eigenvalue weighted by Crippen LogP contribution is -2.14. The molecule has 0 spiro atoms. The summed E-state index contributed by atoms with van der Waals surface area (Å²) in [6, 6.07) is 24.2. The first-order valence-corrected chi connectivity index (χ1v) is 10.3. The van der Waals surface area contributed by atoms with E-state index in [1.165, 1.54) is 23.9 Å². The van der Waals surface area contributed by atoms with Crippen LogP contribution in [0.1, 0.15) is 5.56 Å². The molecule has 0 fully saturated rings.